The number of carboxylic acids is 1. The van der Waals surface area contributed by atoms with E-state index in [1.807, 2.05) is 0 Å². The van der Waals surface area contributed by atoms with Crippen molar-refractivity contribution in [3.05, 3.63) is 35.6 Å². The average molecular weight is 293 g/mol. The van der Waals surface area contributed by atoms with E-state index in [0.29, 0.717) is 12.0 Å². The van der Waals surface area contributed by atoms with Crippen LogP contribution >= 0.6 is 0 Å². The summed E-state index contributed by atoms with van der Waals surface area (Å²) in [7, 11) is 0. The van der Waals surface area contributed by atoms with Gasteiger partial charge in [-0.15, -0.1) is 0 Å². The zero-order valence-corrected chi connectivity index (χ0v) is 11.9. The number of rotatable bonds is 6. The largest absolute Gasteiger partial charge is 0.481 e. The molecule has 5 heteroatoms. The Bertz CT molecular complexity index is 524. The van der Waals surface area contributed by atoms with Crippen LogP contribution in [0.4, 0.5) is 4.39 Å². The van der Waals surface area contributed by atoms with Crippen molar-refractivity contribution in [3.63, 3.8) is 0 Å². The van der Waals surface area contributed by atoms with Crippen LogP contribution in [0.1, 0.15) is 50.5 Å². The molecule has 0 spiro atoms. The van der Waals surface area contributed by atoms with Crippen LogP contribution in [0, 0.1) is 5.82 Å². The average Bonchev–Trinajstić information content (AvgIpc) is 2.88. The normalized spacial score (nSPS) is 16.6. The lowest BCUT2D eigenvalue weighted by molar-refractivity contribution is -0.137. The fraction of sp³-hybridized carbons (Fsp3) is 0.500. The van der Waals surface area contributed by atoms with E-state index in [4.69, 9.17) is 5.11 Å². The molecule has 1 fully saturated rings. The maximum atomic E-state index is 14.1. The molecular weight excluding hydrogens is 273 g/mol. The number of hydrogen-bond donors (Lipinski definition) is 2. The van der Waals surface area contributed by atoms with E-state index in [2.05, 4.69) is 5.32 Å². The highest BCUT2D eigenvalue weighted by atomic mass is 19.1. The number of hydrogen-bond acceptors (Lipinski definition) is 2. The topological polar surface area (TPSA) is 66.4 Å². The summed E-state index contributed by atoms with van der Waals surface area (Å²) in [5.41, 5.74) is -0.0971. The molecule has 0 heterocycles. The molecule has 2 rings (SSSR count). The van der Waals surface area contributed by atoms with E-state index < -0.39 is 11.5 Å². The third-order valence-corrected chi connectivity index (χ3v) is 4.02. The molecule has 21 heavy (non-hydrogen) atoms. The number of carbonyl (C=O) groups excluding carboxylic acids is 1. The molecule has 0 radical (unpaired) electrons. The third kappa shape index (κ3) is 3.80. The number of halogens is 1. The Hall–Kier alpha value is -1.91. The van der Waals surface area contributed by atoms with Crippen LogP contribution in [-0.2, 0) is 15.1 Å². The second kappa shape index (κ2) is 6.70. The first-order valence-corrected chi connectivity index (χ1v) is 7.31. The Labute approximate surface area is 123 Å². The van der Waals surface area contributed by atoms with E-state index >= 15 is 0 Å². The quantitative estimate of drug-likeness (QED) is 0.847. The minimum absolute atomic E-state index is 0.0277. The van der Waals surface area contributed by atoms with Gasteiger partial charge in [-0.25, -0.2) is 4.39 Å². The van der Waals surface area contributed by atoms with Gasteiger partial charge in [-0.1, -0.05) is 31.0 Å². The Morgan fingerprint density at radius 2 is 1.86 bits per heavy atom. The van der Waals surface area contributed by atoms with Gasteiger partial charge in [0.15, 0.2) is 0 Å². The van der Waals surface area contributed by atoms with Crippen molar-refractivity contribution in [2.45, 2.75) is 50.5 Å². The Morgan fingerprint density at radius 1 is 1.19 bits per heavy atom. The molecule has 1 aliphatic rings. The van der Waals surface area contributed by atoms with Gasteiger partial charge in [0.25, 0.3) is 0 Å². The first-order chi connectivity index (χ1) is 10.0. The highest BCUT2D eigenvalue weighted by Gasteiger charge is 2.38. The summed E-state index contributed by atoms with van der Waals surface area (Å²) in [6.07, 6.45) is 3.77. The fourth-order valence-electron chi connectivity index (χ4n) is 3.02. The van der Waals surface area contributed by atoms with Crippen molar-refractivity contribution in [2.75, 3.05) is 0 Å². The van der Waals surface area contributed by atoms with Crippen LogP contribution in [0.2, 0.25) is 0 Å². The van der Waals surface area contributed by atoms with Gasteiger partial charge < -0.3 is 10.4 Å². The van der Waals surface area contributed by atoms with Crippen LogP contribution in [0.5, 0.6) is 0 Å². The predicted molar refractivity (Wildman–Crippen MR) is 76.2 cm³/mol. The molecule has 1 amide bonds. The highest BCUT2D eigenvalue weighted by Crippen LogP contribution is 2.39. The van der Waals surface area contributed by atoms with Gasteiger partial charge in [-0.3, -0.25) is 9.59 Å². The molecular formula is C16H20FNO3. The molecule has 2 N–H and O–H groups in total. The summed E-state index contributed by atoms with van der Waals surface area (Å²) >= 11 is 0. The first kappa shape index (κ1) is 15.5. The van der Waals surface area contributed by atoms with E-state index in [1.54, 1.807) is 18.2 Å². The molecule has 0 atom stereocenters. The van der Waals surface area contributed by atoms with Crippen molar-refractivity contribution in [3.8, 4) is 0 Å². The zero-order chi connectivity index (χ0) is 15.3. The van der Waals surface area contributed by atoms with Gasteiger partial charge in [0.2, 0.25) is 5.91 Å². The molecule has 114 valence electrons. The second-order valence-electron chi connectivity index (χ2n) is 5.56. The standard InChI is InChI=1S/C16H20FNO3/c17-13-7-2-1-6-12(13)16(10-3-4-11-16)18-14(19)8-5-9-15(20)21/h1-2,6-7H,3-5,8-11H2,(H,18,19)(H,20,21). The first-order valence-electron chi connectivity index (χ1n) is 7.31. The van der Waals surface area contributed by atoms with Crippen molar-refractivity contribution in [1.82, 2.24) is 5.32 Å². The Morgan fingerprint density at radius 3 is 2.48 bits per heavy atom. The summed E-state index contributed by atoms with van der Waals surface area (Å²) in [5.74, 6) is -1.42. The van der Waals surface area contributed by atoms with E-state index in [-0.39, 0.29) is 24.6 Å². The molecule has 0 aromatic heterocycles. The molecule has 1 saturated carbocycles. The molecule has 0 bridgehead atoms. The van der Waals surface area contributed by atoms with Crippen molar-refractivity contribution in [1.29, 1.82) is 0 Å². The summed E-state index contributed by atoms with van der Waals surface area (Å²) in [6.45, 7) is 0. The van der Waals surface area contributed by atoms with Gasteiger partial charge in [0, 0.05) is 18.4 Å². The van der Waals surface area contributed by atoms with Gasteiger partial charge in [-0.05, 0) is 25.3 Å². The van der Waals surface area contributed by atoms with Crippen molar-refractivity contribution < 1.29 is 19.1 Å². The van der Waals surface area contributed by atoms with Crippen LogP contribution in [0.25, 0.3) is 0 Å². The number of benzene rings is 1. The molecule has 0 aliphatic heterocycles. The Balaban J connectivity index is 2.07. The molecule has 4 nitrogen and oxygen atoms in total. The molecule has 1 aromatic carbocycles. The lowest BCUT2D eigenvalue weighted by Gasteiger charge is -2.31. The van der Waals surface area contributed by atoms with Gasteiger partial charge in [-0.2, -0.15) is 0 Å². The molecule has 0 unspecified atom stereocenters. The lowest BCUT2D eigenvalue weighted by atomic mass is 9.87. The number of aliphatic carboxylic acids is 1. The molecule has 1 aliphatic carbocycles. The number of nitrogens with one attached hydrogen (secondary N) is 1. The van der Waals surface area contributed by atoms with E-state index in [1.165, 1.54) is 6.07 Å². The minimum atomic E-state index is -0.910. The van der Waals surface area contributed by atoms with Crippen LogP contribution in [0.15, 0.2) is 24.3 Å². The van der Waals surface area contributed by atoms with Crippen LogP contribution < -0.4 is 5.32 Å². The van der Waals surface area contributed by atoms with Crippen LogP contribution in [-0.4, -0.2) is 17.0 Å². The number of carboxylic acid groups (broad SMARTS) is 1. The number of amides is 1. The van der Waals surface area contributed by atoms with E-state index in [9.17, 15) is 14.0 Å². The second-order valence-corrected chi connectivity index (χ2v) is 5.56. The van der Waals surface area contributed by atoms with E-state index in [0.717, 1.165) is 25.7 Å². The van der Waals surface area contributed by atoms with Crippen LogP contribution in [0.3, 0.4) is 0 Å². The lowest BCUT2D eigenvalue weighted by Crippen LogP contribution is -2.44. The zero-order valence-electron chi connectivity index (χ0n) is 11.9. The number of carbonyl (C=O) groups is 2. The predicted octanol–water partition coefficient (Wildman–Crippen LogP) is 2.97. The van der Waals surface area contributed by atoms with Crippen molar-refractivity contribution >= 4 is 11.9 Å². The highest BCUT2D eigenvalue weighted by molar-refractivity contribution is 5.78. The fourth-order valence-corrected chi connectivity index (χ4v) is 3.02. The third-order valence-electron chi connectivity index (χ3n) is 4.02. The SMILES string of the molecule is O=C(O)CCCC(=O)NC1(c2ccccc2F)CCCC1. The summed E-state index contributed by atoms with van der Waals surface area (Å²) in [4.78, 5) is 22.5. The van der Waals surface area contributed by atoms with Gasteiger partial charge in [0.05, 0.1) is 5.54 Å². The summed E-state index contributed by atoms with van der Waals surface area (Å²) < 4.78 is 14.1. The smallest absolute Gasteiger partial charge is 0.303 e. The Kier molecular flexibility index (Phi) is 4.94. The van der Waals surface area contributed by atoms with Gasteiger partial charge in [0.1, 0.15) is 5.82 Å². The molecule has 0 saturated heterocycles. The van der Waals surface area contributed by atoms with Crippen molar-refractivity contribution in [2.24, 2.45) is 0 Å². The van der Waals surface area contributed by atoms with Gasteiger partial charge >= 0.3 is 5.97 Å². The molecule has 1 aromatic rings. The maximum absolute atomic E-state index is 14.1. The minimum Gasteiger partial charge on any atom is -0.481 e. The summed E-state index contributed by atoms with van der Waals surface area (Å²) in [5, 5.41) is 11.5. The monoisotopic (exact) mass is 293 g/mol. The maximum Gasteiger partial charge on any atom is 0.303 e. The summed E-state index contributed by atoms with van der Waals surface area (Å²) in [6, 6.07) is 6.54.